The Hall–Kier alpha value is -0.590. The molecule has 0 heterocycles. The molecule has 3 rings (SSSR count). The van der Waals surface area contributed by atoms with E-state index in [1.54, 1.807) is 0 Å². The van der Waals surface area contributed by atoms with Crippen molar-refractivity contribution in [3.63, 3.8) is 0 Å². The maximum absolute atomic E-state index is 12.2. The molecule has 112 valence electrons. The topological polar surface area (TPSA) is 17.1 Å². The van der Waals surface area contributed by atoms with Gasteiger partial charge in [-0.15, -0.1) is 0 Å². The minimum Gasteiger partial charge on any atom is -0.295 e. The molecule has 5 atom stereocenters. The Labute approximate surface area is 124 Å². The Morgan fingerprint density at radius 1 is 1.15 bits per heavy atom. The normalized spacial score (nSPS) is 48.0. The summed E-state index contributed by atoms with van der Waals surface area (Å²) < 4.78 is 0. The molecule has 0 N–H and O–H groups in total. The zero-order valence-corrected chi connectivity index (χ0v) is 13.8. The molecule has 1 nitrogen and oxygen atoms in total. The second-order valence-electron chi connectivity index (χ2n) is 8.76. The quantitative estimate of drug-likeness (QED) is 0.657. The van der Waals surface area contributed by atoms with Gasteiger partial charge in [0.15, 0.2) is 5.78 Å². The van der Waals surface area contributed by atoms with E-state index < -0.39 is 0 Å². The number of allylic oxidation sites excluding steroid dienone is 2. The van der Waals surface area contributed by atoms with Gasteiger partial charge in [0.2, 0.25) is 0 Å². The minimum atomic E-state index is 0.234. The molecule has 0 aromatic rings. The first-order valence-electron chi connectivity index (χ1n) is 8.48. The molecule has 0 bridgehead atoms. The fourth-order valence-corrected chi connectivity index (χ4v) is 5.65. The molecule has 2 saturated carbocycles. The van der Waals surface area contributed by atoms with Gasteiger partial charge in [0.1, 0.15) is 0 Å². The Morgan fingerprint density at radius 2 is 1.80 bits per heavy atom. The number of Topliss-reactive ketones (excluding diaryl/α,β-unsaturated/α-hetero) is 1. The summed E-state index contributed by atoms with van der Waals surface area (Å²) >= 11 is 0. The number of hydrogen-bond donors (Lipinski definition) is 0. The standard InChI is InChI=1S/C19H30O/c1-12(2)14-6-7-18(4)8-9-19(5)11-16(20)13(3)10-15(19)17(14)18/h10,12,14-15,17H,6-9,11H2,1-5H3/t14-,15+,17+,18+,19-/m0/s1. The summed E-state index contributed by atoms with van der Waals surface area (Å²) in [6, 6.07) is 0. The van der Waals surface area contributed by atoms with Gasteiger partial charge in [-0.3, -0.25) is 4.79 Å². The van der Waals surface area contributed by atoms with Crippen molar-refractivity contribution < 1.29 is 4.79 Å². The van der Waals surface area contributed by atoms with Gasteiger partial charge in [0, 0.05) is 6.42 Å². The molecule has 0 aromatic carbocycles. The highest BCUT2D eigenvalue weighted by molar-refractivity contribution is 5.96. The van der Waals surface area contributed by atoms with Gasteiger partial charge in [-0.05, 0) is 72.7 Å². The van der Waals surface area contributed by atoms with Crippen LogP contribution in [0.3, 0.4) is 0 Å². The van der Waals surface area contributed by atoms with Gasteiger partial charge < -0.3 is 0 Å². The van der Waals surface area contributed by atoms with Gasteiger partial charge in [-0.25, -0.2) is 0 Å². The van der Waals surface area contributed by atoms with Crippen LogP contribution in [0.1, 0.15) is 66.7 Å². The highest BCUT2D eigenvalue weighted by Gasteiger charge is 2.57. The van der Waals surface area contributed by atoms with E-state index in [9.17, 15) is 4.79 Å². The van der Waals surface area contributed by atoms with Crippen LogP contribution in [0.2, 0.25) is 0 Å². The zero-order chi connectivity index (χ0) is 14.7. The van der Waals surface area contributed by atoms with Crippen LogP contribution in [0.4, 0.5) is 0 Å². The SMILES string of the molecule is CC1=C[C@@H]2[C@H]3[C@H](C(C)C)CC[C@]3(C)CC[C@@]2(C)CC1=O. The summed E-state index contributed by atoms with van der Waals surface area (Å²) in [7, 11) is 0. The third kappa shape index (κ3) is 1.92. The van der Waals surface area contributed by atoms with E-state index in [1.807, 2.05) is 6.92 Å². The first kappa shape index (κ1) is 14.4. The fraction of sp³-hybridized carbons (Fsp3) is 0.842. The van der Waals surface area contributed by atoms with E-state index in [0.717, 1.165) is 29.7 Å². The van der Waals surface area contributed by atoms with E-state index >= 15 is 0 Å². The number of carbonyl (C=O) groups is 1. The van der Waals surface area contributed by atoms with Crippen LogP contribution in [0, 0.1) is 34.5 Å². The van der Waals surface area contributed by atoms with Gasteiger partial charge in [-0.2, -0.15) is 0 Å². The fourth-order valence-electron chi connectivity index (χ4n) is 5.65. The molecular formula is C19H30O. The largest absolute Gasteiger partial charge is 0.295 e. The summed E-state index contributed by atoms with van der Waals surface area (Å²) in [4.78, 5) is 12.2. The Balaban J connectivity index is 2.04. The second kappa shape index (κ2) is 4.45. The molecule has 0 aromatic heterocycles. The zero-order valence-electron chi connectivity index (χ0n) is 13.8. The number of hydrogen-bond acceptors (Lipinski definition) is 1. The van der Waals surface area contributed by atoms with Crippen LogP contribution >= 0.6 is 0 Å². The van der Waals surface area contributed by atoms with Crippen molar-refractivity contribution in [2.75, 3.05) is 0 Å². The molecule has 20 heavy (non-hydrogen) atoms. The van der Waals surface area contributed by atoms with E-state index in [2.05, 4.69) is 33.8 Å². The average molecular weight is 274 g/mol. The molecule has 0 unspecified atom stereocenters. The van der Waals surface area contributed by atoms with E-state index in [0.29, 0.717) is 17.1 Å². The molecule has 0 aliphatic heterocycles. The lowest BCUT2D eigenvalue weighted by atomic mass is 9.49. The molecule has 0 spiro atoms. The molecular weight excluding hydrogens is 244 g/mol. The van der Waals surface area contributed by atoms with Crippen LogP contribution in [0.15, 0.2) is 11.6 Å². The van der Waals surface area contributed by atoms with Gasteiger partial charge in [0.05, 0.1) is 0 Å². The summed E-state index contributed by atoms with van der Waals surface area (Å²) in [6.07, 6.45) is 8.52. The second-order valence-corrected chi connectivity index (χ2v) is 8.76. The average Bonchev–Trinajstić information content (AvgIpc) is 2.70. The first-order chi connectivity index (χ1) is 9.27. The van der Waals surface area contributed by atoms with Crippen LogP contribution in [-0.4, -0.2) is 5.78 Å². The lowest BCUT2D eigenvalue weighted by Gasteiger charge is -2.54. The van der Waals surface area contributed by atoms with E-state index in [4.69, 9.17) is 0 Å². The highest BCUT2D eigenvalue weighted by Crippen LogP contribution is 2.65. The number of carbonyl (C=O) groups excluding carboxylic acids is 1. The van der Waals surface area contributed by atoms with Crippen molar-refractivity contribution in [2.24, 2.45) is 34.5 Å². The summed E-state index contributed by atoms with van der Waals surface area (Å²) in [6.45, 7) is 11.7. The lowest BCUT2D eigenvalue weighted by molar-refractivity contribution is -0.122. The van der Waals surface area contributed by atoms with Crippen molar-refractivity contribution in [1.29, 1.82) is 0 Å². The van der Waals surface area contributed by atoms with Crippen LogP contribution in [0.5, 0.6) is 0 Å². The van der Waals surface area contributed by atoms with Gasteiger partial charge in [0.25, 0.3) is 0 Å². The van der Waals surface area contributed by atoms with Crippen molar-refractivity contribution in [3.05, 3.63) is 11.6 Å². The third-order valence-electron chi connectivity index (χ3n) is 7.06. The predicted molar refractivity (Wildman–Crippen MR) is 83.4 cm³/mol. The first-order valence-corrected chi connectivity index (χ1v) is 8.48. The van der Waals surface area contributed by atoms with Crippen molar-refractivity contribution in [1.82, 2.24) is 0 Å². The van der Waals surface area contributed by atoms with Gasteiger partial charge >= 0.3 is 0 Å². The molecule has 3 aliphatic rings. The number of fused-ring (bicyclic) bond motifs is 3. The maximum atomic E-state index is 12.2. The minimum absolute atomic E-state index is 0.234. The van der Waals surface area contributed by atoms with Crippen molar-refractivity contribution >= 4 is 5.78 Å². The Kier molecular flexibility index (Phi) is 3.19. The molecule has 2 fully saturated rings. The van der Waals surface area contributed by atoms with Gasteiger partial charge in [-0.1, -0.05) is 33.8 Å². The number of ketones is 1. The Bertz CT molecular complexity index is 460. The summed E-state index contributed by atoms with van der Waals surface area (Å²) in [5.41, 5.74) is 1.79. The number of rotatable bonds is 1. The van der Waals surface area contributed by atoms with Crippen molar-refractivity contribution in [3.8, 4) is 0 Å². The smallest absolute Gasteiger partial charge is 0.158 e. The molecule has 3 aliphatic carbocycles. The monoisotopic (exact) mass is 274 g/mol. The molecule has 1 heteroatoms. The van der Waals surface area contributed by atoms with Crippen molar-refractivity contribution in [2.45, 2.75) is 66.7 Å². The Morgan fingerprint density at radius 3 is 2.45 bits per heavy atom. The molecule has 0 radical (unpaired) electrons. The molecule has 0 saturated heterocycles. The third-order valence-corrected chi connectivity index (χ3v) is 7.06. The lowest BCUT2D eigenvalue weighted by Crippen LogP contribution is -2.48. The molecule has 0 amide bonds. The van der Waals surface area contributed by atoms with E-state index in [1.165, 1.54) is 25.7 Å². The van der Waals surface area contributed by atoms with E-state index in [-0.39, 0.29) is 5.41 Å². The summed E-state index contributed by atoms with van der Waals surface area (Å²) in [5.74, 6) is 3.45. The van der Waals surface area contributed by atoms with Crippen LogP contribution in [0.25, 0.3) is 0 Å². The maximum Gasteiger partial charge on any atom is 0.158 e. The predicted octanol–water partition coefficient (Wildman–Crippen LogP) is 5.01. The summed E-state index contributed by atoms with van der Waals surface area (Å²) in [5, 5.41) is 0. The van der Waals surface area contributed by atoms with Crippen LogP contribution in [-0.2, 0) is 4.79 Å². The van der Waals surface area contributed by atoms with Crippen LogP contribution < -0.4 is 0 Å². The highest BCUT2D eigenvalue weighted by atomic mass is 16.1.